The van der Waals surface area contributed by atoms with Crippen molar-refractivity contribution in [2.75, 3.05) is 30.4 Å². The quantitative estimate of drug-likeness (QED) is 0.285. The van der Waals surface area contributed by atoms with Crippen molar-refractivity contribution in [1.82, 2.24) is 10.3 Å². The van der Waals surface area contributed by atoms with E-state index in [0.29, 0.717) is 5.75 Å². The number of carbonyl (C=O) groups excluding carboxylic acids is 2. The molecule has 0 saturated carbocycles. The van der Waals surface area contributed by atoms with Crippen LogP contribution in [0.4, 0.5) is 11.4 Å². The summed E-state index contributed by atoms with van der Waals surface area (Å²) in [4.78, 5) is 30.3. The Morgan fingerprint density at radius 1 is 0.900 bits per heavy atom. The fourth-order valence-corrected chi connectivity index (χ4v) is 5.35. The van der Waals surface area contributed by atoms with Crippen LogP contribution in [0, 0.1) is 0 Å². The van der Waals surface area contributed by atoms with E-state index in [0.717, 1.165) is 9.87 Å². The molecule has 1 heterocycles. The van der Waals surface area contributed by atoms with Crippen LogP contribution in [-0.4, -0.2) is 46.0 Å². The third kappa shape index (κ3) is 6.56. The number of carbonyl (C=O) groups is 2. The number of methoxy groups -OCH3 is 2. The van der Waals surface area contributed by atoms with E-state index in [2.05, 4.69) is 15.6 Å². The summed E-state index contributed by atoms with van der Waals surface area (Å²) in [6.07, 6.45) is 3.28. The highest BCUT2D eigenvalue weighted by Crippen LogP contribution is 2.35. The first kappa shape index (κ1) is 28.1. The lowest BCUT2D eigenvalue weighted by Crippen LogP contribution is -2.38. The Morgan fingerprint density at radius 3 is 2.35 bits per heavy atom. The third-order valence-corrected chi connectivity index (χ3v) is 7.67. The highest BCUT2D eigenvalue weighted by molar-refractivity contribution is 7.92. The van der Waals surface area contributed by atoms with Crippen LogP contribution in [0.15, 0.2) is 102 Å². The van der Waals surface area contributed by atoms with Gasteiger partial charge in [0.25, 0.3) is 15.9 Å². The molecule has 10 nitrogen and oxygen atoms in total. The number of para-hydroxylation sites is 1. The normalized spacial score (nSPS) is 10.8. The number of hydrogen-bond donors (Lipinski definition) is 2. The van der Waals surface area contributed by atoms with Crippen LogP contribution in [0.1, 0.15) is 15.9 Å². The van der Waals surface area contributed by atoms with Crippen molar-refractivity contribution in [3.05, 3.63) is 108 Å². The first-order valence-corrected chi connectivity index (χ1v) is 13.6. The van der Waals surface area contributed by atoms with E-state index in [-0.39, 0.29) is 34.1 Å². The molecule has 40 heavy (non-hydrogen) atoms. The topological polar surface area (TPSA) is 127 Å². The van der Waals surface area contributed by atoms with Crippen molar-refractivity contribution in [2.45, 2.75) is 11.4 Å². The van der Waals surface area contributed by atoms with Crippen molar-refractivity contribution < 1.29 is 27.5 Å². The molecule has 2 amide bonds. The lowest BCUT2D eigenvalue weighted by molar-refractivity contribution is -0.114. The predicted octanol–water partition coefficient (Wildman–Crippen LogP) is 3.86. The molecule has 0 atom stereocenters. The molecule has 0 radical (unpaired) electrons. The monoisotopic (exact) mass is 560 g/mol. The van der Waals surface area contributed by atoms with Crippen LogP contribution in [0.3, 0.4) is 0 Å². The first-order valence-electron chi connectivity index (χ1n) is 12.2. The molecular formula is C29H28N4O6S. The predicted molar refractivity (Wildman–Crippen MR) is 151 cm³/mol. The van der Waals surface area contributed by atoms with Crippen molar-refractivity contribution in [3.63, 3.8) is 0 Å². The summed E-state index contributed by atoms with van der Waals surface area (Å²) in [6, 6.07) is 22.4. The molecule has 4 aromatic rings. The number of pyridine rings is 1. The van der Waals surface area contributed by atoms with E-state index in [9.17, 15) is 18.0 Å². The van der Waals surface area contributed by atoms with E-state index in [4.69, 9.17) is 9.47 Å². The number of hydrogen-bond acceptors (Lipinski definition) is 7. The molecule has 0 bridgehead atoms. The molecule has 2 N–H and O–H groups in total. The van der Waals surface area contributed by atoms with Gasteiger partial charge in [0.1, 0.15) is 18.0 Å². The number of aromatic nitrogens is 1. The van der Waals surface area contributed by atoms with Crippen molar-refractivity contribution in [1.29, 1.82) is 0 Å². The van der Waals surface area contributed by atoms with Crippen molar-refractivity contribution in [3.8, 4) is 11.5 Å². The van der Waals surface area contributed by atoms with E-state index in [1.807, 2.05) is 6.07 Å². The zero-order valence-corrected chi connectivity index (χ0v) is 22.7. The number of ether oxygens (including phenoxy) is 2. The summed E-state index contributed by atoms with van der Waals surface area (Å²) in [5.74, 6) is -0.426. The smallest absolute Gasteiger partial charge is 0.264 e. The Morgan fingerprint density at radius 2 is 1.65 bits per heavy atom. The van der Waals surface area contributed by atoms with Gasteiger partial charge in [0, 0.05) is 25.0 Å². The highest BCUT2D eigenvalue weighted by Gasteiger charge is 2.30. The summed E-state index contributed by atoms with van der Waals surface area (Å²) >= 11 is 0. The molecule has 0 aliphatic rings. The van der Waals surface area contributed by atoms with E-state index in [1.165, 1.54) is 38.5 Å². The summed E-state index contributed by atoms with van der Waals surface area (Å²) in [5.41, 5.74) is 1.41. The van der Waals surface area contributed by atoms with Crippen LogP contribution in [0.5, 0.6) is 11.5 Å². The number of amides is 2. The Bertz CT molecular complexity index is 1580. The minimum Gasteiger partial charge on any atom is -0.497 e. The zero-order valence-electron chi connectivity index (χ0n) is 21.9. The molecule has 3 aromatic carbocycles. The number of anilines is 2. The van der Waals surface area contributed by atoms with Crippen molar-refractivity contribution >= 4 is 33.2 Å². The molecule has 4 rings (SSSR count). The van der Waals surface area contributed by atoms with Gasteiger partial charge in [-0.15, -0.1) is 0 Å². The number of rotatable bonds is 11. The van der Waals surface area contributed by atoms with Gasteiger partial charge in [-0.2, -0.15) is 0 Å². The Balaban J connectivity index is 1.61. The van der Waals surface area contributed by atoms with Crippen LogP contribution in [-0.2, 0) is 21.4 Å². The second-order valence-corrected chi connectivity index (χ2v) is 10.4. The lowest BCUT2D eigenvalue weighted by Gasteiger charge is -2.26. The molecule has 0 unspecified atom stereocenters. The lowest BCUT2D eigenvalue weighted by atomic mass is 10.1. The van der Waals surface area contributed by atoms with Gasteiger partial charge >= 0.3 is 0 Å². The van der Waals surface area contributed by atoms with Crippen LogP contribution >= 0.6 is 0 Å². The summed E-state index contributed by atoms with van der Waals surface area (Å²) in [7, 11) is -1.32. The van der Waals surface area contributed by atoms with Crippen molar-refractivity contribution in [2.24, 2.45) is 0 Å². The third-order valence-electron chi connectivity index (χ3n) is 5.90. The van der Waals surface area contributed by atoms with Gasteiger partial charge in [0.15, 0.2) is 0 Å². The number of benzene rings is 3. The number of nitrogens with one attached hydrogen (secondary N) is 2. The molecule has 0 spiro atoms. The van der Waals surface area contributed by atoms with E-state index >= 15 is 0 Å². The van der Waals surface area contributed by atoms with E-state index in [1.54, 1.807) is 67.0 Å². The fraction of sp³-hybridized carbons (Fsp3) is 0.138. The maximum Gasteiger partial charge on any atom is 0.264 e. The minimum absolute atomic E-state index is 0.00384. The van der Waals surface area contributed by atoms with Gasteiger partial charge in [0.2, 0.25) is 5.91 Å². The van der Waals surface area contributed by atoms with Gasteiger partial charge in [-0.1, -0.05) is 36.4 Å². The van der Waals surface area contributed by atoms with Crippen LogP contribution in [0.2, 0.25) is 0 Å². The van der Waals surface area contributed by atoms with E-state index < -0.39 is 28.4 Å². The fourth-order valence-electron chi connectivity index (χ4n) is 3.90. The maximum absolute atomic E-state index is 13.7. The van der Waals surface area contributed by atoms with Crippen LogP contribution in [0.25, 0.3) is 0 Å². The summed E-state index contributed by atoms with van der Waals surface area (Å²) < 4.78 is 39.1. The van der Waals surface area contributed by atoms with Gasteiger partial charge < -0.3 is 20.1 Å². The molecule has 0 aliphatic heterocycles. The Hall–Kier alpha value is -4.90. The highest BCUT2D eigenvalue weighted by atomic mass is 32.2. The number of sulfonamides is 1. The second-order valence-electron chi connectivity index (χ2n) is 8.50. The largest absolute Gasteiger partial charge is 0.497 e. The molecule has 1 aromatic heterocycles. The number of nitrogens with zero attached hydrogens (tertiary/aromatic N) is 2. The standard InChI is InChI=1S/C29H28N4O6S/c1-38-22-14-15-26(27(17-22)39-2)33(40(36,37)23-10-4-3-5-11-23)20-28(34)32-25-13-7-6-12-24(25)29(35)31-19-21-9-8-16-30-18-21/h3-18H,19-20H2,1-2H3,(H,31,35)(H,32,34). The molecule has 0 fully saturated rings. The summed E-state index contributed by atoms with van der Waals surface area (Å²) in [5, 5.41) is 5.49. The molecule has 11 heteroatoms. The Kier molecular flexibility index (Phi) is 8.97. The summed E-state index contributed by atoms with van der Waals surface area (Å²) in [6.45, 7) is -0.346. The average molecular weight is 561 g/mol. The minimum atomic E-state index is -4.19. The van der Waals surface area contributed by atoms with Gasteiger partial charge in [-0.25, -0.2) is 8.42 Å². The molecule has 206 valence electrons. The average Bonchev–Trinajstić information content (AvgIpc) is 2.99. The molecular weight excluding hydrogens is 532 g/mol. The van der Waals surface area contributed by atoms with Gasteiger partial charge in [-0.05, 0) is 48.0 Å². The first-order chi connectivity index (χ1) is 19.3. The van der Waals surface area contributed by atoms with Gasteiger partial charge in [0.05, 0.1) is 36.1 Å². The molecule has 0 saturated heterocycles. The second kappa shape index (κ2) is 12.8. The molecule has 0 aliphatic carbocycles. The maximum atomic E-state index is 13.7. The zero-order chi connectivity index (χ0) is 28.5. The van der Waals surface area contributed by atoms with Crippen LogP contribution < -0.4 is 24.4 Å². The SMILES string of the molecule is COc1ccc(N(CC(=O)Nc2ccccc2C(=O)NCc2cccnc2)S(=O)(=O)c2ccccc2)c(OC)c1. The van der Waals surface area contributed by atoms with Gasteiger partial charge in [-0.3, -0.25) is 18.9 Å². The Labute approximate surface area is 232 Å².